The molecule has 0 saturated carbocycles. The zero-order chi connectivity index (χ0) is 21.9. The van der Waals surface area contributed by atoms with Crippen LogP contribution in [0.1, 0.15) is 6.42 Å². The number of amides is 3. The second-order valence-electron chi connectivity index (χ2n) is 6.17. The number of alkyl halides is 3. The minimum Gasteiger partial charge on any atom is -0.420 e. The fraction of sp³-hybridized carbons (Fsp3) is 0.211. The fourth-order valence-electron chi connectivity index (χ4n) is 2.71. The lowest BCUT2D eigenvalue weighted by Gasteiger charge is -2.16. The van der Waals surface area contributed by atoms with Gasteiger partial charge in [-0.15, -0.1) is 20.5 Å². The van der Waals surface area contributed by atoms with E-state index in [1.165, 1.54) is 24.3 Å². The Labute approximate surface area is 184 Å². The van der Waals surface area contributed by atoms with Gasteiger partial charge in [-0.2, -0.15) is 0 Å². The molecule has 2 aromatic rings. The molecule has 1 aliphatic rings. The van der Waals surface area contributed by atoms with Crippen LogP contribution in [0.4, 0.5) is 20.2 Å². The first-order valence-electron chi connectivity index (χ1n) is 8.52. The number of nitrogens with one attached hydrogen (secondary N) is 1. The Morgan fingerprint density at radius 3 is 2.40 bits per heavy atom. The molecule has 3 amide bonds. The average Bonchev–Trinajstić information content (AvgIpc) is 2.95. The molecule has 2 aromatic carbocycles. The molecule has 1 saturated heterocycles. The van der Waals surface area contributed by atoms with Gasteiger partial charge in [-0.1, -0.05) is 11.6 Å². The summed E-state index contributed by atoms with van der Waals surface area (Å²) < 4.78 is 29.5. The number of hydrogen-bond acceptors (Lipinski definition) is 5. The van der Waals surface area contributed by atoms with Gasteiger partial charge in [0.15, 0.2) is 0 Å². The zero-order valence-corrected chi connectivity index (χ0v) is 17.4. The minimum atomic E-state index is -3.87. The molecule has 3 rings (SSSR count). The maximum atomic E-state index is 12.7. The summed E-state index contributed by atoms with van der Waals surface area (Å²) in [4.78, 5) is 37.9. The number of nitrogens with zero attached hydrogens (tertiary/aromatic N) is 1. The smallest absolute Gasteiger partial charge is 0.420 e. The Kier molecular flexibility index (Phi) is 6.84. The Morgan fingerprint density at radius 2 is 1.80 bits per heavy atom. The third-order valence-corrected chi connectivity index (χ3v) is 5.51. The highest BCUT2D eigenvalue weighted by atomic mass is 35.5. The van der Waals surface area contributed by atoms with E-state index in [4.69, 9.17) is 23.2 Å². The van der Waals surface area contributed by atoms with Gasteiger partial charge in [0.05, 0.1) is 16.7 Å². The van der Waals surface area contributed by atoms with Crippen molar-refractivity contribution in [1.82, 2.24) is 0 Å². The highest BCUT2D eigenvalue weighted by Crippen LogP contribution is 2.32. The van der Waals surface area contributed by atoms with E-state index >= 15 is 0 Å². The molecule has 11 heteroatoms. The molecule has 0 spiro atoms. The standard InChI is InChI=1S/C19H14Cl2F2N2O4S/c20-11-1-3-12(4-2-11)24-16(26)10-30-15-9-17(27)25(18(15)28)13-5-7-14(8-6-13)29-19(21,22)23/h1-8,15H,9-10H2,(H,24,26)/t15-/m0/s1. The van der Waals surface area contributed by atoms with Crippen molar-refractivity contribution < 1.29 is 27.9 Å². The predicted octanol–water partition coefficient (Wildman–Crippen LogP) is 4.51. The molecular formula is C19H14Cl2F2N2O4S. The number of rotatable bonds is 7. The lowest BCUT2D eigenvalue weighted by Crippen LogP contribution is -2.31. The molecule has 0 radical (unpaired) electrons. The van der Waals surface area contributed by atoms with Crippen molar-refractivity contribution in [2.24, 2.45) is 0 Å². The third kappa shape index (κ3) is 5.84. The van der Waals surface area contributed by atoms with Crippen molar-refractivity contribution >= 4 is 64.1 Å². The SMILES string of the molecule is O=C(CS[C@H]1CC(=O)N(c2ccc(OC(F)(F)Cl)cc2)C1=O)Nc1ccc(Cl)cc1. The topological polar surface area (TPSA) is 75.7 Å². The molecule has 0 aliphatic carbocycles. The number of anilines is 2. The second-order valence-corrected chi connectivity index (χ2v) is 8.24. The zero-order valence-electron chi connectivity index (χ0n) is 15.1. The maximum absolute atomic E-state index is 12.7. The van der Waals surface area contributed by atoms with Crippen molar-refractivity contribution in [3.63, 3.8) is 0 Å². The molecule has 1 N–H and O–H groups in total. The summed E-state index contributed by atoms with van der Waals surface area (Å²) in [5.74, 6) is -1.52. The van der Waals surface area contributed by atoms with Crippen LogP contribution in [0.25, 0.3) is 0 Å². The molecule has 0 bridgehead atoms. The van der Waals surface area contributed by atoms with Crippen molar-refractivity contribution in [2.45, 2.75) is 17.2 Å². The van der Waals surface area contributed by atoms with Crippen LogP contribution in [-0.4, -0.2) is 34.3 Å². The first-order valence-corrected chi connectivity index (χ1v) is 10.3. The van der Waals surface area contributed by atoms with Gasteiger partial charge in [0.1, 0.15) is 5.75 Å². The van der Waals surface area contributed by atoms with Gasteiger partial charge in [-0.3, -0.25) is 14.4 Å². The monoisotopic (exact) mass is 474 g/mol. The molecular weight excluding hydrogens is 461 g/mol. The van der Waals surface area contributed by atoms with Gasteiger partial charge < -0.3 is 10.1 Å². The number of carbonyl (C=O) groups is 3. The van der Waals surface area contributed by atoms with E-state index in [2.05, 4.69) is 10.1 Å². The van der Waals surface area contributed by atoms with Crippen LogP contribution in [0.3, 0.4) is 0 Å². The third-order valence-electron chi connectivity index (χ3n) is 3.98. The summed E-state index contributed by atoms with van der Waals surface area (Å²) in [6, 6.07) is 11.5. The van der Waals surface area contributed by atoms with Crippen LogP contribution >= 0.6 is 35.0 Å². The van der Waals surface area contributed by atoms with Gasteiger partial charge in [0, 0.05) is 28.7 Å². The van der Waals surface area contributed by atoms with Crippen LogP contribution < -0.4 is 15.0 Å². The highest BCUT2D eigenvalue weighted by molar-refractivity contribution is 8.01. The lowest BCUT2D eigenvalue weighted by atomic mass is 10.3. The molecule has 158 valence electrons. The summed E-state index contributed by atoms with van der Waals surface area (Å²) in [5, 5.41) is 2.48. The Bertz CT molecular complexity index is 953. The number of halogens is 4. The minimum absolute atomic E-state index is 0.0300. The van der Waals surface area contributed by atoms with Gasteiger partial charge in [0.2, 0.25) is 17.7 Å². The average molecular weight is 475 g/mol. The van der Waals surface area contributed by atoms with Crippen molar-refractivity contribution in [3.05, 3.63) is 53.6 Å². The second kappa shape index (κ2) is 9.20. The largest absolute Gasteiger partial charge is 0.487 e. The van der Waals surface area contributed by atoms with Crippen molar-refractivity contribution in [1.29, 1.82) is 0 Å². The molecule has 1 aliphatic heterocycles. The molecule has 0 unspecified atom stereocenters. The summed E-state index contributed by atoms with van der Waals surface area (Å²) >= 11 is 11.5. The summed E-state index contributed by atoms with van der Waals surface area (Å²) in [5.41, 5.74) is -3.09. The summed E-state index contributed by atoms with van der Waals surface area (Å²) in [6.07, 6.45) is -0.0737. The summed E-state index contributed by atoms with van der Waals surface area (Å²) in [6.45, 7) is 0. The summed E-state index contributed by atoms with van der Waals surface area (Å²) in [7, 11) is 0. The van der Waals surface area contributed by atoms with Crippen molar-refractivity contribution in [3.8, 4) is 5.75 Å². The van der Waals surface area contributed by atoms with Gasteiger partial charge in [-0.25, -0.2) is 4.90 Å². The quantitative estimate of drug-likeness (QED) is 0.471. The predicted molar refractivity (Wildman–Crippen MR) is 111 cm³/mol. The Balaban J connectivity index is 1.57. The Morgan fingerprint density at radius 1 is 1.17 bits per heavy atom. The van der Waals surface area contributed by atoms with E-state index in [-0.39, 0.29) is 29.5 Å². The molecule has 1 atom stereocenters. The first-order chi connectivity index (χ1) is 14.1. The molecule has 6 nitrogen and oxygen atoms in total. The lowest BCUT2D eigenvalue weighted by molar-refractivity contribution is -0.121. The van der Waals surface area contributed by atoms with Crippen LogP contribution in [0.15, 0.2) is 48.5 Å². The number of carbonyl (C=O) groups excluding carboxylic acids is 3. The fourth-order valence-corrected chi connectivity index (χ4v) is 3.86. The first kappa shape index (κ1) is 22.3. The van der Waals surface area contributed by atoms with Crippen LogP contribution in [0, 0.1) is 0 Å². The maximum Gasteiger partial charge on any atom is 0.487 e. The van der Waals surface area contributed by atoms with E-state index in [9.17, 15) is 23.2 Å². The number of hydrogen-bond donors (Lipinski definition) is 1. The van der Waals surface area contributed by atoms with E-state index < -0.39 is 22.6 Å². The van der Waals surface area contributed by atoms with E-state index in [0.717, 1.165) is 16.7 Å². The number of thioether (sulfide) groups is 1. The number of imide groups is 1. The highest BCUT2D eigenvalue weighted by Gasteiger charge is 2.40. The van der Waals surface area contributed by atoms with Gasteiger partial charge >= 0.3 is 5.57 Å². The number of ether oxygens (including phenoxy) is 1. The molecule has 1 fully saturated rings. The van der Waals surface area contributed by atoms with E-state index in [1.807, 2.05) is 0 Å². The normalized spacial score (nSPS) is 16.7. The van der Waals surface area contributed by atoms with Gasteiger partial charge in [-0.05, 0) is 48.5 Å². The van der Waals surface area contributed by atoms with E-state index in [0.29, 0.717) is 10.7 Å². The Hall–Kier alpha value is -2.36. The molecule has 0 aromatic heterocycles. The van der Waals surface area contributed by atoms with Gasteiger partial charge in [0.25, 0.3) is 0 Å². The van der Waals surface area contributed by atoms with Crippen LogP contribution in [0.5, 0.6) is 5.75 Å². The number of benzene rings is 2. The van der Waals surface area contributed by atoms with Crippen LogP contribution in [-0.2, 0) is 14.4 Å². The molecule has 30 heavy (non-hydrogen) atoms. The molecule has 1 heterocycles. The van der Waals surface area contributed by atoms with Crippen LogP contribution in [0.2, 0.25) is 5.02 Å². The van der Waals surface area contributed by atoms with E-state index in [1.54, 1.807) is 24.3 Å². The van der Waals surface area contributed by atoms with Crippen molar-refractivity contribution in [2.75, 3.05) is 16.0 Å².